The molecule has 0 aliphatic carbocycles. The molecule has 1 N–H and O–H groups in total. The molecule has 0 aliphatic rings. The molecule has 1 amide bonds. The molecule has 0 radical (unpaired) electrons. The van der Waals surface area contributed by atoms with Gasteiger partial charge >= 0.3 is 0 Å². The predicted octanol–water partition coefficient (Wildman–Crippen LogP) is 3.22. The fourth-order valence-corrected chi connectivity index (χ4v) is 3.19. The summed E-state index contributed by atoms with van der Waals surface area (Å²) in [6, 6.07) is 24.0. The van der Waals surface area contributed by atoms with E-state index in [0.29, 0.717) is 11.1 Å². The van der Waals surface area contributed by atoms with Crippen molar-refractivity contribution in [3.05, 3.63) is 94.8 Å². The van der Waals surface area contributed by atoms with Crippen LogP contribution in [0.1, 0.15) is 5.56 Å². The van der Waals surface area contributed by atoms with Crippen molar-refractivity contribution < 1.29 is 9.53 Å². The minimum absolute atomic E-state index is 0.251. The Morgan fingerprint density at radius 1 is 1.00 bits per heavy atom. The van der Waals surface area contributed by atoms with E-state index >= 15 is 0 Å². The lowest BCUT2D eigenvalue weighted by atomic mass is 10.0. The summed E-state index contributed by atoms with van der Waals surface area (Å²) >= 11 is 0. The fourth-order valence-electron chi connectivity index (χ4n) is 3.19. The SMILES string of the molecule is COc1ccc(-c2nn(CC(=O)N/N=C/c3ccccc3)c(=O)c3ccccc23)cc1. The summed E-state index contributed by atoms with van der Waals surface area (Å²) in [5, 5.41) is 9.64. The summed E-state index contributed by atoms with van der Waals surface area (Å²) < 4.78 is 6.38. The minimum atomic E-state index is -0.447. The van der Waals surface area contributed by atoms with Crippen LogP contribution in [0.25, 0.3) is 22.0 Å². The van der Waals surface area contributed by atoms with Crippen LogP contribution in [-0.2, 0) is 11.3 Å². The molecule has 154 valence electrons. The zero-order valence-corrected chi connectivity index (χ0v) is 16.9. The number of hydrogen-bond acceptors (Lipinski definition) is 5. The number of aromatic nitrogens is 2. The van der Waals surface area contributed by atoms with Gasteiger partial charge in [-0.25, -0.2) is 10.1 Å². The highest BCUT2D eigenvalue weighted by atomic mass is 16.5. The molecule has 0 saturated carbocycles. The van der Waals surface area contributed by atoms with Crippen molar-refractivity contribution in [2.75, 3.05) is 7.11 Å². The van der Waals surface area contributed by atoms with E-state index in [1.807, 2.05) is 66.7 Å². The minimum Gasteiger partial charge on any atom is -0.497 e. The van der Waals surface area contributed by atoms with E-state index in [-0.39, 0.29) is 12.1 Å². The maximum Gasteiger partial charge on any atom is 0.275 e. The number of fused-ring (bicyclic) bond motifs is 1. The second-order valence-electron chi connectivity index (χ2n) is 6.79. The number of hydrazone groups is 1. The fraction of sp³-hybridized carbons (Fsp3) is 0.0833. The molecule has 7 heteroatoms. The third-order valence-corrected chi connectivity index (χ3v) is 4.73. The van der Waals surface area contributed by atoms with Crippen LogP contribution in [0, 0.1) is 0 Å². The number of rotatable bonds is 6. The summed E-state index contributed by atoms with van der Waals surface area (Å²) in [5.41, 5.74) is 4.38. The zero-order valence-electron chi connectivity index (χ0n) is 16.9. The monoisotopic (exact) mass is 412 g/mol. The molecular weight excluding hydrogens is 392 g/mol. The van der Waals surface area contributed by atoms with Gasteiger partial charge in [-0.3, -0.25) is 9.59 Å². The lowest BCUT2D eigenvalue weighted by molar-refractivity contribution is -0.121. The van der Waals surface area contributed by atoms with Gasteiger partial charge in [0.25, 0.3) is 11.5 Å². The van der Waals surface area contributed by atoms with Crippen molar-refractivity contribution in [2.24, 2.45) is 5.10 Å². The van der Waals surface area contributed by atoms with Gasteiger partial charge in [0.15, 0.2) is 0 Å². The first kappa shape index (κ1) is 20.0. The highest BCUT2D eigenvalue weighted by molar-refractivity contribution is 5.94. The summed E-state index contributed by atoms with van der Waals surface area (Å²) in [6.07, 6.45) is 1.54. The smallest absolute Gasteiger partial charge is 0.275 e. The summed E-state index contributed by atoms with van der Waals surface area (Å²) in [4.78, 5) is 25.3. The van der Waals surface area contributed by atoms with Crippen LogP contribution in [0.4, 0.5) is 0 Å². The lowest BCUT2D eigenvalue weighted by Gasteiger charge is -2.11. The molecule has 0 aliphatic heterocycles. The maximum absolute atomic E-state index is 12.9. The first-order valence-corrected chi connectivity index (χ1v) is 9.67. The zero-order chi connectivity index (χ0) is 21.6. The van der Waals surface area contributed by atoms with Gasteiger partial charge < -0.3 is 4.74 Å². The highest BCUT2D eigenvalue weighted by Gasteiger charge is 2.14. The molecule has 4 rings (SSSR count). The summed E-state index contributed by atoms with van der Waals surface area (Å²) in [7, 11) is 1.60. The van der Waals surface area contributed by atoms with E-state index in [4.69, 9.17) is 4.74 Å². The van der Waals surface area contributed by atoms with Crippen molar-refractivity contribution in [2.45, 2.75) is 6.54 Å². The second-order valence-corrected chi connectivity index (χ2v) is 6.79. The molecule has 0 atom stereocenters. The van der Waals surface area contributed by atoms with Crippen LogP contribution in [-0.4, -0.2) is 29.0 Å². The highest BCUT2D eigenvalue weighted by Crippen LogP contribution is 2.26. The van der Waals surface area contributed by atoms with Gasteiger partial charge in [0, 0.05) is 10.9 Å². The molecule has 3 aromatic carbocycles. The molecule has 1 heterocycles. The third-order valence-electron chi connectivity index (χ3n) is 4.73. The number of amides is 1. The Morgan fingerprint density at radius 3 is 2.39 bits per heavy atom. The molecule has 4 aromatic rings. The average Bonchev–Trinajstić information content (AvgIpc) is 2.82. The van der Waals surface area contributed by atoms with Crippen LogP contribution in [0.2, 0.25) is 0 Å². The van der Waals surface area contributed by atoms with Crippen molar-refractivity contribution in [1.29, 1.82) is 0 Å². The van der Waals surface area contributed by atoms with Crippen molar-refractivity contribution in [3.8, 4) is 17.0 Å². The maximum atomic E-state index is 12.9. The normalized spacial score (nSPS) is 11.0. The Bertz CT molecular complexity index is 1300. The van der Waals surface area contributed by atoms with Gasteiger partial charge in [-0.1, -0.05) is 48.5 Å². The molecule has 0 spiro atoms. The Kier molecular flexibility index (Phi) is 5.84. The topological polar surface area (TPSA) is 85.6 Å². The Hall–Kier alpha value is -4.26. The molecule has 0 bridgehead atoms. The predicted molar refractivity (Wildman–Crippen MR) is 120 cm³/mol. The molecular formula is C24H20N4O3. The molecule has 0 unspecified atom stereocenters. The van der Waals surface area contributed by atoms with E-state index in [0.717, 1.165) is 26.9 Å². The molecule has 0 fully saturated rings. The second kappa shape index (κ2) is 9.04. The van der Waals surface area contributed by atoms with Crippen LogP contribution in [0.3, 0.4) is 0 Å². The van der Waals surface area contributed by atoms with Crippen molar-refractivity contribution in [1.82, 2.24) is 15.2 Å². The van der Waals surface area contributed by atoms with E-state index < -0.39 is 5.91 Å². The van der Waals surface area contributed by atoms with E-state index in [9.17, 15) is 9.59 Å². The standard InChI is InChI=1S/C24H20N4O3/c1-31-19-13-11-18(12-14-19)23-20-9-5-6-10-21(20)24(30)28(27-23)16-22(29)26-25-15-17-7-3-2-4-8-17/h2-15H,16H2,1H3,(H,26,29)/b25-15+. The first-order chi connectivity index (χ1) is 15.2. The molecule has 0 saturated heterocycles. The van der Waals surface area contributed by atoms with E-state index in [2.05, 4.69) is 15.6 Å². The number of nitrogens with zero attached hydrogens (tertiary/aromatic N) is 3. The average molecular weight is 412 g/mol. The number of nitrogens with one attached hydrogen (secondary N) is 1. The van der Waals surface area contributed by atoms with Gasteiger partial charge in [-0.15, -0.1) is 0 Å². The third kappa shape index (κ3) is 4.51. The van der Waals surface area contributed by atoms with Crippen LogP contribution in [0.15, 0.2) is 88.8 Å². The van der Waals surface area contributed by atoms with Crippen molar-refractivity contribution in [3.63, 3.8) is 0 Å². The van der Waals surface area contributed by atoms with Gasteiger partial charge in [0.1, 0.15) is 12.3 Å². The number of carbonyl (C=O) groups is 1. The number of methoxy groups -OCH3 is 1. The van der Waals surface area contributed by atoms with Crippen LogP contribution >= 0.6 is 0 Å². The first-order valence-electron chi connectivity index (χ1n) is 9.67. The van der Waals surface area contributed by atoms with Gasteiger partial charge in [-0.2, -0.15) is 10.2 Å². The van der Waals surface area contributed by atoms with Gasteiger partial charge in [0.2, 0.25) is 0 Å². The number of benzene rings is 3. The summed E-state index contributed by atoms with van der Waals surface area (Å²) in [6.45, 7) is -0.251. The van der Waals surface area contributed by atoms with Crippen LogP contribution in [0.5, 0.6) is 5.75 Å². The Balaban J connectivity index is 1.64. The van der Waals surface area contributed by atoms with Crippen LogP contribution < -0.4 is 15.7 Å². The number of hydrogen-bond donors (Lipinski definition) is 1. The Morgan fingerprint density at radius 2 is 1.68 bits per heavy atom. The van der Waals surface area contributed by atoms with Crippen molar-refractivity contribution >= 4 is 22.9 Å². The summed E-state index contributed by atoms with van der Waals surface area (Å²) in [5.74, 6) is 0.273. The quantitative estimate of drug-likeness (QED) is 0.389. The number of ether oxygens (including phenoxy) is 1. The van der Waals surface area contributed by atoms with Gasteiger partial charge in [-0.05, 0) is 35.9 Å². The number of carbonyl (C=O) groups excluding carboxylic acids is 1. The largest absolute Gasteiger partial charge is 0.497 e. The molecule has 7 nitrogen and oxygen atoms in total. The lowest BCUT2D eigenvalue weighted by Crippen LogP contribution is -2.32. The van der Waals surface area contributed by atoms with E-state index in [1.165, 1.54) is 6.21 Å². The Labute approximate surface area is 178 Å². The molecule has 1 aromatic heterocycles. The van der Waals surface area contributed by atoms with Gasteiger partial charge in [0.05, 0.1) is 24.4 Å². The molecule has 31 heavy (non-hydrogen) atoms. The van der Waals surface area contributed by atoms with E-state index in [1.54, 1.807) is 19.2 Å².